The molecule has 1 unspecified atom stereocenters. The van der Waals surface area contributed by atoms with E-state index in [0.717, 1.165) is 25.3 Å². The largest absolute Gasteiger partial charge is 0.355 e. The van der Waals surface area contributed by atoms with E-state index < -0.39 is 0 Å². The number of hydrogen-bond acceptors (Lipinski definition) is 5. The highest BCUT2D eigenvalue weighted by molar-refractivity contribution is 6.03. The molecule has 0 bridgehead atoms. The molecule has 0 aromatic carbocycles. The Balaban J connectivity index is 1.75. The van der Waals surface area contributed by atoms with E-state index in [1.54, 1.807) is 30.6 Å². The molecule has 0 aliphatic carbocycles. The van der Waals surface area contributed by atoms with Crippen molar-refractivity contribution in [2.24, 2.45) is 5.73 Å². The third kappa shape index (κ3) is 3.17. The minimum Gasteiger partial charge on any atom is -0.355 e. The summed E-state index contributed by atoms with van der Waals surface area (Å²) in [7, 11) is 0. The predicted octanol–water partition coefficient (Wildman–Crippen LogP) is 1.27. The Morgan fingerprint density at radius 1 is 1.29 bits per heavy atom. The standard InChI is InChI=1S/C15H17N5O/c16-11-6-9-20(10-11)14-3-1-2-13(19-14)15(21)18-12-4-7-17-8-5-12/h1-5,7-8,11H,6,9-10,16H2,(H,17,18,21). The van der Waals surface area contributed by atoms with Gasteiger partial charge in [0.15, 0.2) is 0 Å². The Morgan fingerprint density at radius 2 is 2.10 bits per heavy atom. The second kappa shape index (κ2) is 5.88. The first-order valence-electron chi connectivity index (χ1n) is 6.91. The minimum atomic E-state index is -0.230. The summed E-state index contributed by atoms with van der Waals surface area (Å²) in [4.78, 5) is 22.7. The Kier molecular flexibility index (Phi) is 3.79. The van der Waals surface area contributed by atoms with Crippen molar-refractivity contribution in [3.05, 3.63) is 48.4 Å². The molecule has 6 nitrogen and oxygen atoms in total. The second-order valence-electron chi connectivity index (χ2n) is 5.07. The SMILES string of the molecule is NC1CCN(c2cccc(C(=O)Nc3ccncc3)n2)C1. The number of anilines is 2. The van der Waals surface area contributed by atoms with Gasteiger partial charge in [0.25, 0.3) is 5.91 Å². The molecule has 3 heterocycles. The van der Waals surface area contributed by atoms with Crippen molar-refractivity contribution in [2.75, 3.05) is 23.3 Å². The summed E-state index contributed by atoms with van der Waals surface area (Å²) >= 11 is 0. The number of carbonyl (C=O) groups excluding carboxylic acids is 1. The van der Waals surface area contributed by atoms with Gasteiger partial charge in [-0.2, -0.15) is 0 Å². The van der Waals surface area contributed by atoms with Gasteiger partial charge in [-0.05, 0) is 30.7 Å². The fourth-order valence-electron chi connectivity index (χ4n) is 2.35. The maximum Gasteiger partial charge on any atom is 0.274 e. The predicted molar refractivity (Wildman–Crippen MR) is 81.2 cm³/mol. The zero-order chi connectivity index (χ0) is 14.7. The summed E-state index contributed by atoms with van der Waals surface area (Å²) in [5, 5.41) is 2.80. The van der Waals surface area contributed by atoms with Crippen LogP contribution in [-0.4, -0.2) is 35.0 Å². The summed E-state index contributed by atoms with van der Waals surface area (Å²) in [5.74, 6) is 0.567. The normalized spacial score (nSPS) is 17.8. The Bertz CT molecular complexity index is 631. The van der Waals surface area contributed by atoms with Gasteiger partial charge in [-0.1, -0.05) is 6.07 Å². The number of amides is 1. The van der Waals surface area contributed by atoms with E-state index in [-0.39, 0.29) is 11.9 Å². The summed E-state index contributed by atoms with van der Waals surface area (Å²) in [6.07, 6.45) is 4.21. The van der Waals surface area contributed by atoms with Gasteiger partial charge in [0.2, 0.25) is 0 Å². The summed E-state index contributed by atoms with van der Waals surface area (Å²) in [6, 6.07) is 9.11. The van der Waals surface area contributed by atoms with Crippen LogP contribution in [0, 0.1) is 0 Å². The van der Waals surface area contributed by atoms with Crippen molar-refractivity contribution in [1.29, 1.82) is 0 Å². The highest BCUT2D eigenvalue weighted by Crippen LogP contribution is 2.18. The van der Waals surface area contributed by atoms with Crippen LogP contribution in [-0.2, 0) is 0 Å². The number of nitrogens with two attached hydrogens (primary N) is 1. The average molecular weight is 283 g/mol. The molecule has 1 saturated heterocycles. The number of nitrogens with one attached hydrogen (secondary N) is 1. The Morgan fingerprint density at radius 3 is 2.81 bits per heavy atom. The van der Waals surface area contributed by atoms with Gasteiger partial charge in [0, 0.05) is 37.2 Å². The Labute approximate surface area is 123 Å². The van der Waals surface area contributed by atoms with Crippen LogP contribution in [0.5, 0.6) is 0 Å². The van der Waals surface area contributed by atoms with Gasteiger partial charge >= 0.3 is 0 Å². The maximum atomic E-state index is 12.2. The lowest BCUT2D eigenvalue weighted by atomic mass is 10.3. The maximum absolute atomic E-state index is 12.2. The monoisotopic (exact) mass is 283 g/mol. The molecule has 108 valence electrons. The van der Waals surface area contributed by atoms with Crippen LogP contribution < -0.4 is 16.0 Å². The van der Waals surface area contributed by atoms with Gasteiger partial charge in [-0.25, -0.2) is 4.98 Å². The molecule has 1 aliphatic rings. The van der Waals surface area contributed by atoms with Gasteiger partial charge in [-0.15, -0.1) is 0 Å². The zero-order valence-electron chi connectivity index (χ0n) is 11.6. The molecule has 2 aromatic heterocycles. The van der Waals surface area contributed by atoms with Gasteiger partial charge in [0.1, 0.15) is 11.5 Å². The quantitative estimate of drug-likeness (QED) is 0.886. The number of nitrogens with zero attached hydrogens (tertiary/aromatic N) is 3. The molecule has 1 aliphatic heterocycles. The topological polar surface area (TPSA) is 84.1 Å². The minimum absolute atomic E-state index is 0.182. The van der Waals surface area contributed by atoms with Crippen molar-refractivity contribution in [2.45, 2.75) is 12.5 Å². The van der Waals surface area contributed by atoms with Crippen molar-refractivity contribution in [3.8, 4) is 0 Å². The first-order valence-corrected chi connectivity index (χ1v) is 6.91. The fraction of sp³-hybridized carbons (Fsp3) is 0.267. The molecule has 0 radical (unpaired) electrons. The first kappa shape index (κ1) is 13.5. The van der Waals surface area contributed by atoms with Crippen LogP contribution in [0.2, 0.25) is 0 Å². The van der Waals surface area contributed by atoms with Crippen molar-refractivity contribution in [1.82, 2.24) is 9.97 Å². The Hall–Kier alpha value is -2.47. The van der Waals surface area contributed by atoms with Gasteiger partial charge < -0.3 is 16.0 Å². The highest BCUT2D eigenvalue weighted by Gasteiger charge is 2.21. The van der Waals surface area contributed by atoms with Crippen LogP contribution in [0.4, 0.5) is 11.5 Å². The van der Waals surface area contributed by atoms with Crippen LogP contribution in [0.1, 0.15) is 16.9 Å². The summed E-state index contributed by atoms with van der Waals surface area (Å²) in [5.41, 5.74) is 7.00. The molecule has 1 amide bonds. The van der Waals surface area contributed by atoms with Gasteiger partial charge in [-0.3, -0.25) is 9.78 Å². The van der Waals surface area contributed by atoms with E-state index >= 15 is 0 Å². The van der Waals surface area contributed by atoms with E-state index in [1.165, 1.54) is 0 Å². The van der Waals surface area contributed by atoms with Crippen LogP contribution in [0.25, 0.3) is 0 Å². The molecule has 0 spiro atoms. The van der Waals surface area contributed by atoms with E-state index in [4.69, 9.17) is 5.73 Å². The lowest BCUT2D eigenvalue weighted by Crippen LogP contribution is -2.27. The lowest BCUT2D eigenvalue weighted by molar-refractivity contribution is 0.102. The van der Waals surface area contributed by atoms with Crippen molar-refractivity contribution >= 4 is 17.4 Å². The zero-order valence-corrected chi connectivity index (χ0v) is 11.6. The fourth-order valence-corrected chi connectivity index (χ4v) is 2.35. The third-order valence-electron chi connectivity index (χ3n) is 3.45. The number of pyridine rings is 2. The molecule has 1 atom stereocenters. The molecular formula is C15H17N5O. The summed E-state index contributed by atoms with van der Waals surface area (Å²) < 4.78 is 0. The number of rotatable bonds is 3. The number of carbonyl (C=O) groups is 1. The van der Waals surface area contributed by atoms with Crippen LogP contribution in [0.15, 0.2) is 42.7 Å². The molecule has 1 fully saturated rings. The van der Waals surface area contributed by atoms with Crippen LogP contribution >= 0.6 is 0 Å². The summed E-state index contributed by atoms with van der Waals surface area (Å²) in [6.45, 7) is 1.66. The number of hydrogen-bond donors (Lipinski definition) is 2. The van der Waals surface area contributed by atoms with Crippen molar-refractivity contribution in [3.63, 3.8) is 0 Å². The molecule has 3 N–H and O–H groups in total. The molecule has 6 heteroatoms. The van der Waals surface area contributed by atoms with E-state index in [9.17, 15) is 4.79 Å². The molecule has 3 rings (SSSR count). The molecule has 0 saturated carbocycles. The van der Waals surface area contributed by atoms with Crippen molar-refractivity contribution < 1.29 is 4.79 Å². The third-order valence-corrected chi connectivity index (χ3v) is 3.45. The highest BCUT2D eigenvalue weighted by atomic mass is 16.1. The molecule has 2 aromatic rings. The molecule has 21 heavy (non-hydrogen) atoms. The van der Waals surface area contributed by atoms with E-state index in [2.05, 4.69) is 20.2 Å². The lowest BCUT2D eigenvalue weighted by Gasteiger charge is -2.17. The van der Waals surface area contributed by atoms with Crippen LogP contribution in [0.3, 0.4) is 0 Å². The second-order valence-corrected chi connectivity index (χ2v) is 5.07. The first-order chi connectivity index (χ1) is 10.2. The smallest absolute Gasteiger partial charge is 0.274 e. The average Bonchev–Trinajstić information content (AvgIpc) is 2.95. The van der Waals surface area contributed by atoms with E-state index in [0.29, 0.717) is 11.4 Å². The number of aromatic nitrogens is 2. The molecular weight excluding hydrogens is 266 g/mol. The van der Waals surface area contributed by atoms with Gasteiger partial charge in [0.05, 0.1) is 0 Å². The van der Waals surface area contributed by atoms with E-state index in [1.807, 2.05) is 12.1 Å².